The molecule has 2 aromatic rings. The van der Waals surface area contributed by atoms with Crippen molar-refractivity contribution in [1.82, 2.24) is 5.32 Å². The van der Waals surface area contributed by atoms with Crippen molar-refractivity contribution >= 4 is 33.9 Å². The van der Waals surface area contributed by atoms with Crippen LogP contribution in [-0.2, 0) is 6.42 Å². The second-order valence-electron chi connectivity index (χ2n) is 4.31. The fourth-order valence-electron chi connectivity index (χ4n) is 2.04. The molecule has 4 heteroatoms. The van der Waals surface area contributed by atoms with Crippen LogP contribution in [0.2, 0.25) is 0 Å². The minimum atomic E-state index is -0.177. The number of halogens is 2. The third-order valence-corrected chi connectivity index (χ3v) is 5.23. The Balaban J connectivity index is 2.38. The monoisotopic (exact) mass is 389 g/mol. The van der Waals surface area contributed by atoms with Gasteiger partial charge in [-0.3, -0.25) is 0 Å². The van der Waals surface area contributed by atoms with Crippen LogP contribution in [0.15, 0.2) is 30.3 Å². The van der Waals surface area contributed by atoms with E-state index in [1.54, 1.807) is 6.07 Å². The van der Waals surface area contributed by atoms with Gasteiger partial charge in [0.1, 0.15) is 5.82 Å². The van der Waals surface area contributed by atoms with Gasteiger partial charge in [-0.1, -0.05) is 19.9 Å². The third-order valence-electron chi connectivity index (χ3n) is 3.00. The fourth-order valence-corrected chi connectivity index (χ4v) is 3.88. The van der Waals surface area contributed by atoms with Crippen LogP contribution in [0.3, 0.4) is 0 Å². The maximum absolute atomic E-state index is 13.2. The first-order valence-electron chi connectivity index (χ1n) is 6.42. The Morgan fingerprint density at radius 3 is 2.63 bits per heavy atom. The molecule has 1 nitrogen and oxygen atoms in total. The molecule has 1 atom stereocenters. The summed E-state index contributed by atoms with van der Waals surface area (Å²) in [5, 5.41) is 3.50. The Kier molecular flexibility index (Phi) is 5.36. The molecule has 0 saturated carbocycles. The van der Waals surface area contributed by atoms with E-state index in [1.807, 2.05) is 17.4 Å². The van der Waals surface area contributed by atoms with E-state index in [0.29, 0.717) is 0 Å². The smallest absolute Gasteiger partial charge is 0.124 e. The molecule has 0 amide bonds. The molecule has 0 saturated heterocycles. The van der Waals surface area contributed by atoms with Crippen molar-refractivity contribution in [1.29, 1.82) is 0 Å². The molecule has 0 bridgehead atoms. The number of hydrogen-bond donors (Lipinski definition) is 1. The van der Waals surface area contributed by atoms with E-state index in [2.05, 4.69) is 53.9 Å². The van der Waals surface area contributed by atoms with Crippen molar-refractivity contribution in [3.63, 3.8) is 0 Å². The molecule has 0 spiro atoms. The zero-order chi connectivity index (χ0) is 13.8. The minimum Gasteiger partial charge on any atom is -0.306 e. The van der Waals surface area contributed by atoms with Crippen molar-refractivity contribution in [2.24, 2.45) is 0 Å². The first-order chi connectivity index (χ1) is 9.15. The molecule has 0 fully saturated rings. The zero-order valence-electron chi connectivity index (χ0n) is 11.0. The average Bonchev–Trinajstić information content (AvgIpc) is 2.85. The van der Waals surface area contributed by atoms with Crippen molar-refractivity contribution in [2.75, 3.05) is 6.54 Å². The van der Waals surface area contributed by atoms with Gasteiger partial charge in [0, 0.05) is 13.3 Å². The van der Waals surface area contributed by atoms with Gasteiger partial charge in [-0.05, 0) is 65.4 Å². The summed E-state index contributed by atoms with van der Waals surface area (Å²) in [6.07, 6.45) is 1.06. The Morgan fingerprint density at radius 2 is 2.05 bits per heavy atom. The molecule has 1 N–H and O–H groups in total. The zero-order valence-corrected chi connectivity index (χ0v) is 14.0. The first-order valence-corrected chi connectivity index (χ1v) is 8.32. The molecule has 2 rings (SSSR count). The Hall–Kier alpha value is -0.460. The predicted octanol–water partition coefficient (Wildman–Crippen LogP) is 4.75. The summed E-state index contributed by atoms with van der Waals surface area (Å²) in [6.45, 7) is 5.15. The molecule has 19 heavy (non-hydrogen) atoms. The minimum absolute atomic E-state index is 0.155. The van der Waals surface area contributed by atoms with Crippen LogP contribution < -0.4 is 5.32 Å². The summed E-state index contributed by atoms with van der Waals surface area (Å²) in [7, 11) is 0. The number of rotatable bonds is 5. The van der Waals surface area contributed by atoms with Crippen molar-refractivity contribution < 1.29 is 4.39 Å². The van der Waals surface area contributed by atoms with Crippen LogP contribution in [-0.4, -0.2) is 6.54 Å². The highest BCUT2D eigenvalue weighted by Gasteiger charge is 2.18. The Labute approximate surface area is 131 Å². The van der Waals surface area contributed by atoms with Gasteiger partial charge in [-0.25, -0.2) is 4.39 Å². The van der Waals surface area contributed by atoms with Gasteiger partial charge in [0.2, 0.25) is 0 Å². The van der Waals surface area contributed by atoms with E-state index < -0.39 is 0 Å². The van der Waals surface area contributed by atoms with Crippen LogP contribution in [0.1, 0.15) is 35.2 Å². The number of aryl methyl sites for hydroxylation is 1. The standard InChI is InChI=1S/C15H17FINS/c1-3-11-6-8-14(19-11)15(18-4-2)12-7-5-10(16)9-13(12)17/h5-9,15,18H,3-4H2,1-2H3. The van der Waals surface area contributed by atoms with Crippen LogP contribution in [0.5, 0.6) is 0 Å². The molecule has 0 aliphatic heterocycles. The summed E-state index contributed by atoms with van der Waals surface area (Å²) in [4.78, 5) is 2.68. The molecule has 1 heterocycles. The topological polar surface area (TPSA) is 12.0 Å². The van der Waals surface area contributed by atoms with Crippen molar-refractivity contribution in [2.45, 2.75) is 26.3 Å². The van der Waals surface area contributed by atoms with Crippen LogP contribution in [0, 0.1) is 9.39 Å². The maximum atomic E-state index is 13.2. The average molecular weight is 389 g/mol. The first kappa shape index (κ1) is 14.9. The summed E-state index contributed by atoms with van der Waals surface area (Å²) < 4.78 is 14.2. The highest BCUT2D eigenvalue weighted by atomic mass is 127. The summed E-state index contributed by atoms with van der Waals surface area (Å²) in [5.74, 6) is -0.177. The molecular weight excluding hydrogens is 372 g/mol. The molecule has 0 aliphatic carbocycles. The van der Waals surface area contributed by atoms with E-state index in [1.165, 1.54) is 15.8 Å². The van der Waals surface area contributed by atoms with E-state index in [0.717, 1.165) is 22.1 Å². The fraction of sp³-hybridized carbons (Fsp3) is 0.333. The van der Waals surface area contributed by atoms with Gasteiger partial charge in [-0.2, -0.15) is 0 Å². The molecule has 0 radical (unpaired) electrons. The predicted molar refractivity (Wildman–Crippen MR) is 88.3 cm³/mol. The van der Waals surface area contributed by atoms with Gasteiger partial charge in [0.15, 0.2) is 0 Å². The Bertz CT molecular complexity index is 553. The van der Waals surface area contributed by atoms with E-state index in [9.17, 15) is 4.39 Å². The van der Waals surface area contributed by atoms with Crippen LogP contribution in [0.4, 0.5) is 4.39 Å². The number of hydrogen-bond acceptors (Lipinski definition) is 2. The summed E-state index contributed by atoms with van der Waals surface area (Å²) in [5.41, 5.74) is 1.15. The molecule has 102 valence electrons. The van der Waals surface area contributed by atoms with Crippen molar-refractivity contribution in [3.05, 3.63) is 55.0 Å². The lowest BCUT2D eigenvalue weighted by atomic mass is 10.1. The third kappa shape index (κ3) is 3.55. The molecule has 1 aromatic carbocycles. The second-order valence-corrected chi connectivity index (χ2v) is 6.68. The lowest BCUT2D eigenvalue weighted by Gasteiger charge is -2.18. The second kappa shape index (κ2) is 6.81. The van der Waals surface area contributed by atoms with Crippen molar-refractivity contribution in [3.8, 4) is 0 Å². The SMILES string of the molecule is CCNC(c1ccc(CC)s1)c1ccc(F)cc1I. The van der Waals surface area contributed by atoms with Gasteiger partial charge >= 0.3 is 0 Å². The van der Waals surface area contributed by atoms with Gasteiger partial charge in [-0.15, -0.1) is 11.3 Å². The van der Waals surface area contributed by atoms with E-state index >= 15 is 0 Å². The number of nitrogens with one attached hydrogen (secondary N) is 1. The molecular formula is C15H17FINS. The summed E-state index contributed by atoms with van der Waals surface area (Å²) >= 11 is 4.04. The van der Waals surface area contributed by atoms with Crippen LogP contribution in [0.25, 0.3) is 0 Å². The lowest BCUT2D eigenvalue weighted by molar-refractivity contribution is 0.614. The van der Waals surface area contributed by atoms with Gasteiger partial charge < -0.3 is 5.32 Å². The Morgan fingerprint density at radius 1 is 1.26 bits per heavy atom. The molecule has 1 aromatic heterocycles. The molecule has 1 unspecified atom stereocenters. The van der Waals surface area contributed by atoms with E-state index in [-0.39, 0.29) is 11.9 Å². The highest BCUT2D eigenvalue weighted by Crippen LogP contribution is 2.31. The summed E-state index contributed by atoms with van der Waals surface area (Å²) in [6, 6.07) is 9.53. The maximum Gasteiger partial charge on any atom is 0.124 e. The normalized spacial score (nSPS) is 12.6. The highest BCUT2D eigenvalue weighted by molar-refractivity contribution is 14.1. The molecule has 0 aliphatic rings. The van der Waals surface area contributed by atoms with Crippen LogP contribution >= 0.6 is 33.9 Å². The quantitative estimate of drug-likeness (QED) is 0.728. The number of thiophene rings is 1. The lowest BCUT2D eigenvalue weighted by Crippen LogP contribution is -2.22. The number of benzene rings is 1. The van der Waals surface area contributed by atoms with Gasteiger partial charge in [0.05, 0.1) is 6.04 Å². The van der Waals surface area contributed by atoms with E-state index in [4.69, 9.17) is 0 Å². The van der Waals surface area contributed by atoms with Gasteiger partial charge in [0.25, 0.3) is 0 Å². The largest absolute Gasteiger partial charge is 0.306 e.